The number of benzene rings is 1. The molecule has 17 heavy (non-hydrogen) atoms. The Hall–Kier alpha value is -2.29. The largest absolute Gasteiger partial charge is 0.508 e. The molecule has 3 heteroatoms. The van der Waals surface area contributed by atoms with Crippen LogP contribution in [-0.4, -0.2) is 16.0 Å². The van der Waals surface area contributed by atoms with Gasteiger partial charge in [0.05, 0.1) is 0 Å². The first-order valence-corrected chi connectivity index (χ1v) is 5.20. The maximum atomic E-state index is 11.7. The van der Waals surface area contributed by atoms with Gasteiger partial charge in [0.2, 0.25) is 0 Å². The minimum atomic E-state index is -0.0282. The third-order valence-electron chi connectivity index (χ3n) is 2.68. The fraction of sp³-hybridized carbons (Fsp3) is 0.0714. The fourth-order valence-corrected chi connectivity index (χ4v) is 1.78. The van der Waals surface area contributed by atoms with Gasteiger partial charge in [-0.1, -0.05) is 24.8 Å². The number of phenols is 2. The molecule has 1 aliphatic carbocycles. The maximum absolute atomic E-state index is 11.7. The van der Waals surface area contributed by atoms with Gasteiger partial charge in [0.25, 0.3) is 0 Å². The van der Waals surface area contributed by atoms with E-state index in [1.165, 1.54) is 18.2 Å². The Balaban J connectivity index is 2.42. The van der Waals surface area contributed by atoms with E-state index in [0.717, 1.165) is 5.57 Å². The van der Waals surface area contributed by atoms with Gasteiger partial charge in [-0.25, -0.2) is 0 Å². The smallest absolute Gasteiger partial charge is 0.167 e. The standard InChI is InChI=1S/C14H12O3/c1-2-9-3-4-10(7-13(9)16)12-6-5-11(15)8-14(12)17/h2-6,8,15,17H,1,7H2. The number of hydrogen-bond acceptors (Lipinski definition) is 3. The fourth-order valence-electron chi connectivity index (χ4n) is 1.78. The second-order valence-corrected chi connectivity index (χ2v) is 3.82. The first-order chi connectivity index (χ1) is 8.11. The van der Waals surface area contributed by atoms with Gasteiger partial charge in [-0.15, -0.1) is 0 Å². The molecule has 0 amide bonds. The van der Waals surface area contributed by atoms with Crippen molar-refractivity contribution in [3.8, 4) is 11.5 Å². The second-order valence-electron chi connectivity index (χ2n) is 3.82. The summed E-state index contributed by atoms with van der Waals surface area (Å²) in [6, 6.07) is 4.33. The molecule has 0 saturated carbocycles. The van der Waals surface area contributed by atoms with Crippen LogP contribution < -0.4 is 0 Å². The van der Waals surface area contributed by atoms with Crippen LogP contribution in [0.1, 0.15) is 12.0 Å². The van der Waals surface area contributed by atoms with E-state index in [9.17, 15) is 15.0 Å². The summed E-state index contributed by atoms with van der Waals surface area (Å²) in [4.78, 5) is 11.7. The molecule has 86 valence electrons. The third kappa shape index (κ3) is 2.13. The zero-order chi connectivity index (χ0) is 12.4. The number of carbonyl (C=O) groups excluding carboxylic acids is 1. The molecule has 0 aliphatic heterocycles. The van der Waals surface area contributed by atoms with Crippen molar-refractivity contribution in [2.45, 2.75) is 6.42 Å². The number of ketones is 1. The van der Waals surface area contributed by atoms with E-state index in [2.05, 4.69) is 6.58 Å². The summed E-state index contributed by atoms with van der Waals surface area (Å²) in [7, 11) is 0. The van der Waals surface area contributed by atoms with Crippen LogP contribution in [0, 0.1) is 0 Å². The van der Waals surface area contributed by atoms with E-state index in [1.54, 1.807) is 18.2 Å². The first kappa shape index (κ1) is 11.2. The summed E-state index contributed by atoms with van der Waals surface area (Å²) in [5.41, 5.74) is 1.88. The highest BCUT2D eigenvalue weighted by atomic mass is 16.3. The molecular formula is C14H12O3. The van der Waals surface area contributed by atoms with Gasteiger partial charge in [-0.05, 0) is 17.7 Å². The summed E-state index contributed by atoms with van der Waals surface area (Å²) < 4.78 is 0. The van der Waals surface area contributed by atoms with Crippen molar-refractivity contribution >= 4 is 11.4 Å². The number of rotatable bonds is 2. The lowest BCUT2D eigenvalue weighted by Gasteiger charge is -2.13. The Morgan fingerprint density at radius 1 is 1.24 bits per heavy atom. The van der Waals surface area contributed by atoms with E-state index >= 15 is 0 Å². The predicted molar refractivity (Wildman–Crippen MR) is 65.7 cm³/mol. The Morgan fingerprint density at radius 3 is 2.59 bits per heavy atom. The number of phenolic OH excluding ortho intramolecular Hbond substituents is 2. The van der Waals surface area contributed by atoms with Crippen LogP contribution in [0.15, 0.2) is 48.6 Å². The molecular weight excluding hydrogens is 216 g/mol. The van der Waals surface area contributed by atoms with Crippen LogP contribution in [0.3, 0.4) is 0 Å². The van der Waals surface area contributed by atoms with Gasteiger partial charge in [0, 0.05) is 23.6 Å². The number of carbonyl (C=O) groups is 1. The van der Waals surface area contributed by atoms with E-state index in [4.69, 9.17) is 0 Å². The van der Waals surface area contributed by atoms with Crippen molar-refractivity contribution in [1.82, 2.24) is 0 Å². The topological polar surface area (TPSA) is 57.5 Å². The minimum Gasteiger partial charge on any atom is -0.508 e. The maximum Gasteiger partial charge on any atom is 0.167 e. The van der Waals surface area contributed by atoms with E-state index in [-0.39, 0.29) is 23.7 Å². The Morgan fingerprint density at radius 2 is 2.00 bits per heavy atom. The van der Waals surface area contributed by atoms with Gasteiger partial charge < -0.3 is 10.2 Å². The zero-order valence-electron chi connectivity index (χ0n) is 9.18. The summed E-state index contributed by atoms with van der Waals surface area (Å²) in [5, 5.41) is 18.9. The van der Waals surface area contributed by atoms with Gasteiger partial charge in [-0.3, -0.25) is 4.79 Å². The summed E-state index contributed by atoms with van der Waals surface area (Å²) in [6.07, 6.45) is 5.22. The molecule has 1 aliphatic rings. The SMILES string of the molecule is C=CC1=CC=C(c2ccc(O)cc2O)CC1=O. The molecule has 3 nitrogen and oxygen atoms in total. The van der Waals surface area contributed by atoms with Gasteiger partial charge in [0.1, 0.15) is 11.5 Å². The zero-order valence-corrected chi connectivity index (χ0v) is 9.18. The van der Waals surface area contributed by atoms with Crippen LogP contribution in [0.2, 0.25) is 0 Å². The van der Waals surface area contributed by atoms with E-state index < -0.39 is 0 Å². The molecule has 0 bridgehead atoms. The van der Waals surface area contributed by atoms with Crippen LogP contribution >= 0.6 is 0 Å². The summed E-state index contributed by atoms with van der Waals surface area (Å²) in [5.74, 6) is -0.0548. The van der Waals surface area contributed by atoms with E-state index in [1.807, 2.05) is 0 Å². The minimum absolute atomic E-state index is 0.00342. The molecule has 0 spiro atoms. The van der Waals surface area contributed by atoms with Crippen LogP contribution in [0.5, 0.6) is 11.5 Å². The third-order valence-corrected chi connectivity index (χ3v) is 2.68. The normalized spacial score (nSPS) is 15.2. The number of aromatic hydroxyl groups is 2. The molecule has 2 rings (SSSR count). The Bertz CT molecular complexity index is 551. The molecule has 0 saturated heterocycles. The molecule has 1 aromatic carbocycles. The highest BCUT2D eigenvalue weighted by Crippen LogP contribution is 2.33. The second kappa shape index (κ2) is 4.29. The van der Waals surface area contributed by atoms with Crippen LogP contribution in [-0.2, 0) is 4.79 Å². The molecule has 0 radical (unpaired) electrons. The van der Waals surface area contributed by atoms with Gasteiger partial charge in [0.15, 0.2) is 5.78 Å². The highest BCUT2D eigenvalue weighted by Gasteiger charge is 2.16. The molecule has 1 aromatic rings. The first-order valence-electron chi connectivity index (χ1n) is 5.20. The van der Waals surface area contributed by atoms with Crippen molar-refractivity contribution in [1.29, 1.82) is 0 Å². The highest BCUT2D eigenvalue weighted by molar-refractivity contribution is 6.06. The number of allylic oxidation sites excluding steroid dienone is 5. The van der Waals surface area contributed by atoms with Crippen molar-refractivity contribution in [3.05, 3.63) is 54.1 Å². The van der Waals surface area contributed by atoms with Gasteiger partial charge >= 0.3 is 0 Å². The van der Waals surface area contributed by atoms with Crippen LogP contribution in [0.25, 0.3) is 5.57 Å². The Labute approximate surface area is 99.0 Å². The summed E-state index contributed by atoms with van der Waals surface area (Å²) in [6.45, 7) is 3.56. The lowest BCUT2D eigenvalue weighted by molar-refractivity contribution is -0.114. The quantitative estimate of drug-likeness (QED) is 0.817. The average molecular weight is 228 g/mol. The molecule has 0 heterocycles. The number of hydrogen-bond donors (Lipinski definition) is 2. The molecule has 0 unspecified atom stereocenters. The molecule has 0 fully saturated rings. The number of Topliss-reactive ketones (excluding diaryl/α,β-unsaturated/α-hetero) is 1. The lowest BCUT2D eigenvalue weighted by Crippen LogP contribution is -2.05. The summed E-state index contributed by atoms with van der Waals surface area (Å²) >= 11 is 0. The van der Waals surface area contributed by atoms with Crippen molar-refractivity contribution in [3.63, 3.8) is 0 Å². The Kier molecular flexibility index (Phi) is 2.83. The van der Waals surface area contributed by atoms with Crippen molar-refractivity contribution < 1.29 is 15.0 Å². The molecule has 0 atom stereocenters. The molecule has 0 aromatic heterocycles. The van der Waals surface area contributed by atoms with Crippen LogP contribution in [0.4, 0.5) is 0 Å². The van der Waals surface area contributed by atoms with Crippen molar-refractivity contribution in [2.24, 2.45) is 0 Å². The van der Waals surface area contributed by atoms with Gasteiger partial charge in [-0.2, -0.15) is 0 Å². The van der Waals surface area contributed by atoms with Crippen molar-refractivity contribution in [2.75, 3.05) is 0 Å². The van der Waals surface area contributed by atoms with E-state index in [0.29, 0.717) is 11.1 Å². The lowest BCUT2D eigenvalue weighted by atomic mass is 9.92. The monoisotopic (exact) mass is 228 g/mol. The molecule has 2 N–H and O–H groups in total. The predicted octanol–water partition coefficient (Wildman–Crippen LogP) is 2.57. The average Bonchev–Trinajstić information content (AvgIpc) is 2.29.